The van der Waals surface area contributed by atoms with Gasteiger partial charge < -0.3 is 0 Å². The van der Waals surface area contributed by atoms with E-state index >= 15 is 0 Å². The molecule has 1 aliphatic carbocycles. The van der Waals surface area contributed by atoms with E-state index in [1.54, 1.807) is 0 Å². The van der Waals surface area contributed by atoms with Gasteiger partial charge in [-0.3, -0.25) is 4.98 Å². The summed E-state index contributed by atoms with van der Waals surface area (Å²) >= 11 is 0. The van der Waals surface area contributed by atoms with E-state index in [0.717, 1.165) is 12.1 Å². The minimum Gasteiger partial charge on any atom is -0.253 e. The SMILES string of the molecule is Cc1ccc(-c2cc3cc(n2)CCCCCCCCCCCC3)cc1. The summed E-state index contributed by atoms with van der Waals surface area (Å²) in [4.78, 5) is 4.99. The van der Waals surface area contributed by atoms with E-state index in [2.05, 4.69) is 43.3 Å². The Balaban J connectivity index is 1.78. The Bertz CT molecular complexity index is 609. The van der Waals surface area contributed by atoms with Crippen LogP contribution >= 0.6 is 0 Å². The lowest BCUT2D eigenvalue weighted by molar-refractivity contribution is 0.552. The highest BCUT2D eigenvalue weighted by Crippen LogP contribution is 2.23. The van der Waals surface area contributed by atoms with Crippen LogP contribution in [0.5, 0.6) is 0 Å². The standard InChI is InChI=1S/C24H33N/c1-20-14-16-22(17-15-20)24-19-21-12-10-8-6-4-2-3-5-7-9-11-13-23(18-21)25-24/h14-19H,2-13H2,1H3. The molecule has 1 heteroatoms. The fourth-order valence-corrected chi connectivity index (χ4v) is 3.84. The molecule has 0 radical (unpaired) electrons. The predicted molar refractivity (Wildman–Crippen MR) is 108 cm³/mol. The maximum atomic E-state index is 4.99. The van der Waals surface area contributed by atoms with Crippen LogP contribution in [0.25, 0.3) is 11.3 Å². The number of aromatic nitrogens is 1. The molecule has 0 unspecified atom stereocenters. The van der Waals surface area contributed by atoms with Crippen LogP contribution < -0.4 is 0 Å². The van der Waals surface area contributed by atoms with Crippen molar-refractivity contribution in [2.24, 2.45) is 0 Å². The third kappa shape index (κ3) is 5.99. The van der Waals surface area contributed by atoms with Gasteiger partial charge in [-0.1, -0.05) is 81.2 Å². The van der Waals surface area contributed by atoms with Gasteiger partial charge in [-0.05, 0) is 50.3 Å². The second kappa shape index (κ2) is 9.75. The van der Waals surface area contributed by atoms with Gasteiger partial charge in [-0.15, -0.1) is 0 Å². The highest BCUT2D eigenvalue weighted by atomic mass is 14.7. The Morgan fingerprint density at radius 1 is 0.640 bits per heavy atom. The zero-order valence-electron chi connectivity index (χ0n) is 15.9. The first-order chi connectivity index (χ1) is 12.3. The zero-order chi connectivity index (χ0) is 17.3. The lowest BCUT2D eigenvalue weighted by Crippen LogP contribution is -1.97. The largest absolute Gasteiger partial charge is 0.253 e. The average molecular weight is 336 g/mol. The molecule has 1 aromatic heterocycles. The molecule has 0 fully saturated rings. The lowest BCUT2D eigenvalue weighted by atomic mass is 10.0. The molecule has 1 heterocycles. The molecule has 1 nitrogen and oxygen atoms in total. The van der Waals surface area contributed by atoms with Crippen molar-refractivity contribution in [1.82, 2.24) is 4.98 Å². The van der Waals surface area contributed by atoms with Crippen LogP contribution in [0.2, 0.25) is 0 Å². The normalized spacial score (nSPS) is 17.5. The summed E-state index contributed by atoms with van der Waals surface area (Å²) in [6, 6.07) is 13.5. The van der Waals surface area contributed by atoms with Crippen molar-refractivity contribution in [3.63, 3.8) is 0 Å². The lowest BCUT2D eigenvalue weighted by Gasteiger charge is -2.10. The molecule has 134 valence electrons. The van der Waals surface area contributed by atoms with Crippen molar-refractivity contribution in [3.8, 4) is 11.3 Å². The highest BCUT2D eigenvalue weighted by Gasteiger charge is 2.07. The van der Waals surface area contributed by atoms with E-state index in [-0.39, 0.29) is 0 Å². The van der Waals surface area contributed by atoms with E-state index in [9.17, 15) is 0 Å². The van der Waals surface area contributed by atoms with Crippen LogP contribution in [0.15, 0.2) is 36.4 Å². The van der Waals surface area contributed by atoms with Crippen LogP contribution in [0, 0.1) is 6.92 Å². The van der Waals surface area contributed by atoms with E-state index in [1.807, 2.05) is 0 Å². The Hall–Kier alpha value is -1.63. The second-order valence-corrected chi connectivity index (χ2v) is 7.75. The van der Waals surface area contributed by atoms with E-state index < -0.39 is 0 Å². The molecule has 3 rings (SSSR count). The van der Waals surface area contributed by atoms with E-state index in [4.69, 9.17) is 4.98 Å². The van der Waals surface area contributed by atoms with Crippen LogP contribution in [0.3, 0.4) is 0 Å². The quantitative estimate of drug-likeness (QED) is 0.543. The molecule has 0 saturated heterocycles. The van der Waals surface area contributed by atoms with Gasteiger partial charge in [0.1, 0.15) is 0 Å². The molecule has 0 saturated carbocycles. The van der Waals surface area contributed by atoms with Gasteiger partial charge in [0.15, 0.2) is 0 Å². The molecular weight excluding hydrogens is 302 g/mol. The fraction of sp³-hybridized carbons (Fsp3) is 0.542. The van der Waals surface area contributed by atoms with E-state index in [0.29, 0.717) is 0 Å². The molecule has 0 aliphatic heterocycles. The topological polar surface area (TPSA) is 12.9 Å². The van der Waals surface area contributed by atoms with Crippen molar-refractivity contribution < 1.29 is 0 Å². The number of rotatable bonds is 1. The maximum Gasteiger partial charge on any atom is 0.0708 e. The molecule has 2 aromatic rings. The first-order valence-electron chi connectivity index (χ1n) is 10.4. The number of nitrogens with zero attached hydrogens (tertiary/aromatic N) is 1. The molecule has 0 N–H and O–H groups in total. The van der Waals surface area contributed by atoms with E-state index in [1.165, 1.54) is 93.0 Å². The molecule has 1 aromatic carbocycles. The Labute approximate surface area is 153 Å². The number of hydrogen-bond acceptors (Lipinski definition) is 1. The van der Waals surface area contributed by atoms with Gasteiger partial charge in [0.05, 0.1) is 5.69 Å². The molecule has 0 amide bonds. The van der Waals surface area contributed by atoms with Crippen molar-refractivity contribution in [1.29, 1.82) is 0 Å². The third-order valence-corrected chi connectivity index (χ3v) is 5.43. The molecule has 25 heavy (non-hydrogen) atoms. The van der Waals surface area contributed by atoms with Crippen molar-refractivity contribution in [2.75, 3.05) is 0 Å². The van der Waals surface area contributed by atoms with Gasteiger partial charge in [0, 0.05) is 11.3 Å². The second-order valence-electron chi connectivity index (χ2n) is 7.75. The van der Waals surface area contributed by atoms with Crippen molar-refractivity contribution >= 4 is 0 Å². The minimum absolute atomic E-state index is 1.13. The first-order valence-corrected chi connectivity index (χ1v) is 10.4. The summed E-state index contributed by atoms with van der Waals surface area (Å²) in [5.74, 6) is 0. The van der Waals surface area contributed by atoms with Gasteiger partial charge in [-0.25, -0.2) is 0 Å². The monoisotopic (exact) mass is 335 g/mol. The Morgan fingerprint density at radius 2 is 1.20 bits per heavy atom. The zero-order valence-corrected chi connectivity index (χ0v) is 15.9. The Kier molecular flexibility index (Phi) is 7.09. The minimum atomic E-state index is 1.13. The number of benzene rings is 1. The summed E-state index contributed by atoms with van der Waals surface area (Å²) in [7, 11) is 0. The smallest absolute Gasteiger partial charge is 0.0708 e. The number of fused-ring (bicyclic) bond motifs is 2. The molecule has 2 bridgehead atoms. The Morgan fingerprint density at radius 3 is 1.84 bits per heavy atom. The van der Waals surface area contributed by atoms with Crippen LogP contribution in [-0.4, -0.2) is 4.98 Å². The van der Waals surface area contributed by atoms with Crippen molar-refractivity contribution in [3.05, 3.63) is 53.2 Å². The van der Waals surface area contributed by atoms with Gasteiger partial charge in [0.25, 0.3) is 0 Å². The summed E-state index contributed by atoms with van der Waals surface area (Å²) in [5.41, 5.74) is 6.51. The first kappa shape index (κ1) is 18.2. The van der Waals surface area contributed by atoms with Crippen LogP contribution in [-0.2, 0) is 12.8 Å². The van der Waals surface area contributed by atoms with Gasteiger partial charge >= 0.3 is 0 Å². The fourth-order valence-electron chi connectivity index (χ4n) is 3.84. The summed E-state index contributed by atoms with van der Waals surface area (Å²) in [5, 5.41) is 0. The van der Waals surface area contributed by atoms with Gasteiger partial charge in [0.2, 0.25) is 0 Å². The average Bonchev–Trinajstić information content (AvgIpc) is 2.63. The highest BCUT2D eigenvalue weighted by molar-refractivity contribution is 5.60. The summed E-state index contributed by atoms with van der Waals surface area (Å²) in [6.07, 6.45) is 16.2. The van der Waals surface area contributed by atoms with Gasteiger partial charge in [-0.2, -0.15) is 0 Å². The number of pyridine rings is 1. The third-order valence-electron chi connectivity index (χ3n) is 5.43. The molecular formula is C24H33N. The maximum absolute atomic E-state index is 4.99. The number of hydrogen-bond donors (Lipinski definition) is 0. The predicted octanol–water partition coefficient (Wildman–Crippen LogP) is 7.06. The summed E-state index contributed by atoms with van der Waals surface area (Å²) in [6.45, 7) is 2.14. The molecule has 0 spiro atoms. The van der Waals surface area contributed by atoms with Crippen LogP contribution in [0.1, 0.15) is 81.0 Å². The molecule has 0 atom stereocenters. The van der Waals surface area contributed by atoms with Crippen molar-refractivity contribution in [2.45, 2.75) is 84.0 Å². The number of aryl methyl sites for hydroxylation is 3. The molecule has 1 aliphatic rings. The summed E-state index contributed by atoms with van der Waals surface area (Å²) < 4.78 is 0. The van der Waals surface area contributed by atoms with Crippen LogP contribution in [0.4, 0.5) is 0 Å².